The molecule has 0 unspecified atom stereocenters. The quantitative estimate of drug-likeness (QED) is 0.462. The van der Waals surface area contributed by atoms with Gasteiger partial charge in [0.1, 0.15) is 17.3 Å². The third kappa shape index (κ3) is 2.89. The molecular formula is C18H14BrN3O2S. The lowest BCUT2D eigenvalue weighted by molar-refractivity contribution is 0.102. The van der Waals surface area contributed by atoms with Crippen LogP contribution in [0.1, 0.15) is 21.9 Å². The largest absolute Gasteiger partial charge is 0.465 e. The second-order valence-corrected chi connectivity index (χ2v) is 7.39. The summed E-state index contributed by atoms with van der Waals surface area (Å²) in [5.74, 6) is 1.90. The third-order valence-electron chi connectivity index (χ3n) is 3.91. The van der Waals surface area contributed by atoms with Crippen LogP contribution in [0.5, 0.6) is 0 Å². The van der Waals surface area contributed by atoms with Gasteiger partial charge in [-0.3, -0.25) is 4.79 Å². The zero-order chi connectivity index (χ0) is 17.6. The summed E-state index contributed by atoms with van der Waals surface area (Å²) in [5.41, 5.74) is 2.95. The van der Waals surface area contributed by atoms with Crippen molar-refractivity contribution < 1.29 is 9.21 Å². The highest BCUT2D eigenvalue weighted by Crippen LogP contribution is 2.29. The second kappa shape index (κ2) is 6.16. The first-order valence-corrected chi connectivity index (χ1v) is 9.30. The monoisotopic (exact) mass is 415 g/mol. The first-order chi connectivity index (χ1) is 12.0. The summed E-state index contributed by atoms with van der Waals surface area (Å²) in [5, 5.41) is 4.93. The predicted molar refractivity (Wildman–Crippen MR) is 103 cm³/mol. The molecule has 0 saturated heterocycles. The fourth-order valence-electron chi connectivity index (χ4n) is 2.73. The molecule has 3 heterocycles. The van der Waals surface area contributed by atoms with Gasteiger partial charge in [-0.1, -0.05) is 6.07 Å². The van der Waals surface area contributed by atoms with Crippen molar-refractivity contribution in [3.05, 3.63) is 57.3 Å². The molecule has 1 aromatic carbocycles. The summed E-state index contributed by atoms with van der Waals surface area (Å²) in [6.45, 7) is 3.59. The van der Waals surface area contributed by atoms with E-state index in [0.717, 1.165) is 21.7 Å². The van der Waals surface area contributed by atoms with Gasteiger partial charge in [0.15, 0.2) is 0 Å². The van der Waals surface area contributed by atoms with E-state index in [1.54, 1.807) is 18.3 Å². The van der Waals surface area contributed by atoms with Gasteiger partial charge >= 0.3 is 0 Å². The van der Waals surface area contributed by atoms with Crippen LogP contribution in [0.25, 0.3) is 21.7 Å². The lowest BCUT2D eigenvalue weighted by atomic mass is 10.2. The Bertz CT molecular complexity index is 1080. The van der Waals surface area contributed by atoms with E-state index in [0.29, 0.717) is 27.2 Å². The van der Waals surface area contributed by atoms with Crippen LogP contribution in [0.15, 0.2) is 44.6 Å². The number of rotatable bonds is 3. The molecular weight excluding hydrogens is 402 g/mol. The SMILES string of the molecule is Cc1oc(C)c(C(=O)Nc2ccc3nc(-c4cccs4)[nH]c3c2)c1Br. The van der Waals surface area contributed by atoms with Gasteiger partial charge in [-0.2, -0.15) is 0 Å². The number of carbonyl (C=O) groups excluding carboxylic acids is 1. The number of hydrogen-bond acceptors (Lipinski definition) is 4. The van der Waals surface area contributed by atoms with Crippen LogP contribution in [0.3, 0.4) is 0 Å². The highest BCUT2D eigenvalue weighted by atomic mass is 79.9. The average molecular weight is 416 g/mol. The molecule has 5 nitrogen and oxygen atoms in total. The Morgan fingerprint density at radius 3 is 2.80 bits per heavy atom. The number of fused-ring (bicyclic) bond motifs is 1. The van der Waals surface area contributed by atoms with E-state index in [9.17, 15) is 4.79 Å². The minimum absolute atomic E-state index is 0.210. The van der Waals surface area contributed by atoms with Crippen LogP contribution in [0.4, 0.5) is 5.69 Å². The van der Waals surface area contributed by atoms with E-state index in [4.69, 9.17) is 4.42 Å². The Balaban J connectivity index is 1.64. The first kappa shape index (κ1) is 16.1. The van der Waals surface area contributed by atoms with Crippen molar-refractivity contribution in [2.24, 2.45) is 0 Å². The third-order valence-corrected chi connectivity index (χ3v) is 5.74. The first-order valence-electron chi connectivity index (χ1n) is 7.63. The van der Waals surface area contributed by atoms with Gasteiger partial charge in [0, 0.05) is 5.69 Å². The highest BCUT2D eigenvalue weighted by Gasteiger charge is 2.20. The van der Waals surface area contributed by atoms with E-state index < -0.39 is 0 Å². The molecule has 0 aliphatic carbocycles. The topological polar surface area (TPSA) is 70.9 Å². The van der Waals surface area contributed by atoms with E-state index in [1.165, 1.54) is 0 Å². The van der Waals surface area contributed by atoms with Gasteiger partial charge in [-0.25, -0.2) is 4.98 Å². The molecule has 126 valence electrons. The second-order valence-electron chi connectivity index (χ2n) is 5.65. The van der Waals surface area contributed by atoms with Gasteiger partial charge in [-0.15, -0.1) is 11.3 Å². The number of aromatic nitrogens is 2. The van der Waals surface area contributed by atoms with Gasteiger partial charge in [0.25, 0.3) is 5.91 Å². The van der Waals surface area contributed by atoms with Crippen LogP contribution < -0.4 is 5.32 Å². The van der Waals surface area contributed by atoms with E-state index in [-0.39, 0.29) is 5.91 Å². The van der Waals surface area contributed by atoms with Gasteiger partial charge in [0.2, 0.25) is 0 Å². The molecule has 1 amide bonds. The smallest absolute Gasteiger partial charge is 0.260 e. The normalized spacial score (nSPS) is 11.2. The number of H-pyrrole nitrogens is 1. The summed E-state index contributed by atoms with van der Waals surface area (Å²) in [4.78, 5) is 21.5. The number of imidazole rings is 1. The number of nitrogens with zero attached hydrogens (tertiary/aromatic N) is 1. The maximum atomic E-state index is 12.6. The maximum Gasteiger partial charge on any atom is 0.260 e. The van der Waals surface area contributed by atoms with Crippen LogP contribution in [-0.2, 0) is 0 Å². The summed E-state index contributed by atoms with van der Waals surface area (Å²) in [7, 11) is 0. The van der Waals surface area contributed by atoms with Crippen molar-refractivity contribution in [3.8, 4) is 10.7 Å². The summed E-state index contributed by atoms with van der Waals surface area (Å²) in [6.07, 6.45) is 0. The number of anilines is 1. The molecule has 0 radical (unpaired) electrons. The molecule has 7 heteroatoms. The minimum Gasteiger partial charge on any atom is -0.465 e. The standard InChI is InChI=1S/C18H14BrN3O2S/c1-9-15(16(19)10(2)24-9)18(23)20-11-5-6-12-13(8-11)22-17(21-12)14-4-3-7-25-14/h3-8H,1-2H3,(H,20,23)(H,21,22). The molecule has 4 aromatic rings. The van der Waals surface area contributed by atoms with Gasteiger partial charge in [-0.05, 0) is 59.4 Å². The van der Waals surface area contributed by atoms with Crippen molar-refractivity contribution in [2.45, 2.75) is 13.8 Å². The molecule has 2 N–H and O–H groups in total. The number of amides is 1. The number of aryl methyl sites for hydroxylation is 2. The number of nitrogens with one attached hydrogen (secondary N) is 2. The fraction of sp³-hybridized carbons (Fsp3) is 0.111. The van der Waals surface area contributed by atoms with E-state index >= 15 is 0 Å². The molecule has 0 spiro atoms. The number of hydrogen-bond donors (Lipinski definition) is 2. The number of halogens is 1. The molecule has 4 rings (SSSR count). The van der Waals surface area contributed by atoms with E-state index in [2.05, 4.69) is 31.2 Å². The summed E-state index contributed by atoms with van der Waals surface area (Å²) < 4.78 is 6.18. The Hall–Kier alpha value is -2.38. The van der Waals surface area contributed by atoms with E-state index in [1.807, 2.05) is 42.6 Å². The number of aromatic amines is 1. The lowest BCUT2D eigenvalue weighted by Crippen LogP contribution is -2.12. The molecule has 0 saturated carbocycles. The van der Waals surface area contributed by atoms with Crippen LogP contribution in [0, 0.1) is 13.8 Å². The minimum atomic E-state index is -0.210. The molecule has 0 aliphatic rings. The molecule has 3 aromatic heterocycles. The number of thiophene rings is 1. The zero-order valence-electron chi connectivity index (χ0n) is 13.5. The molecule has 0 bridgehead atoms. The Kier molecular flexibility index (Phi) is 3.97. The summed E-state index contributed by atoms with van der Waals surface area (Å²) >= 11 is 5.04. The zero-order valence-corrected chi connectivity index (χ0v) is 15.9. The van der Waals surface area contributed by atoms with Crippen LogP contribution >= 0.6 is 27.3 Å². The number of carbonyl (C=O) groups is 1. The van der Waals surface area contributed by atoms with Crippen LogP contribution in [0.2, 0.25) is 0 Å². The van der Waals surface area contributed by atoms with Crippen LogP contribution in [-0.4, -0.2) is 15.9 Å². The highest BCUT2D eigenvalue weighted by molar-refractivity contribution is 9.10. The molecule has 25 heavy (non-hydrogen) atoms. The lowest BCUT2D eigenvalue weighted by Gasteiger charge is -2.05. The predicted octanol–water partition coefficient (Wildman–Crippen LogP) is 5.52. The number of benzene rings is 1. The Morgan fingerprint density at radius 2 is 2.12 bits per heavy atom. The maximum absolute atomic E-state index is 12.6. The molecule has 0 atom stereocenters. The fourth-order valence-corrected chi connectivity index (χ4v) is 3.94. The van der Waals surface area contributed by atoms with Crippen molar-refractivity contribution in [1.29, 1.82) is 0 Å². The summed E-state index contributed by atoms with van der Waals surface area (Å²) in [6, 6.07) is 9.63. The molecule has 0 aliphatic heterocycles. The van der Waals surface area contributed by atoms with Crippen molar-refractivity contribution >= 4 is 49.9 Å². The average Bonchev–Trinajstić information content (AvgIpc) is 3.27. The number of furan rings is 1. The van der Waals surface area contributed by atoms with Gasteiger partial charge < -0.3 is 14.7 Å². The Morgan fingerprint density at radius 1 is 1.28 bits per heavy atom. The van der Waals surface area contributed by atoms with Crippen molar-refractivity contribution in [3.63, 3.8) is 0 Å². The Labute approximate surface area is 156 Å². The van der Waals surface area contributed by atoms with Crippen molar-refractivity contribution in [1.82, 2.24) is 9.97 Å². The van der Waals surface area contributed by atoms with Crippen molar-refractivity contribution in [2.75, 3.05) is 5.32 Å². The van der Waals surface area contributed by atoms with Gasteiger partial charge in [0.05, 0.1) is 25.9 Å². The molecule has 0 fully saturated rings.